The van der Waals surface area contributed by atoms with Gasteiger partial charge in [-0.1, -0.05) is 11.8 Å². The van der Waals surface area contributed by atoms with Gasteiger partial charge < -0.3 is 0 Å². The van der Waals surface area contributed by atoms with E-state index in [0.717, 1.165) is 12.1 Å². The van der Waals surface area contributed by atoms with Crippen molar-refractivity contribution in [2.24, 2.45) is 0 Å². The molecule has 0 spiro atoms. The van der Waals surface area contributed by atoms with Gasteiger partial charge in [-0.2, -0.15) is 13.2 Å². The van der Waals surface area contributed by atoms with Crippen LogP contribution >= 0.6 is 27.5 Å². The van der Waals surface area contributed by atoms with Crippen LogP contribution in [0.5, 0.6) is 0 Å². The molecule has 0 N–H and O–H groups in total. The van der Waals surface area contributed by atoms with E-state index in [0.29, 0.717) is 22.3 Å². The number of hydrogen-bond acceptors (Lipinski definition) is 0. The van der Waals surface area contributed by atoms with Gasteiger partial charge in [0.25, 0.3) is 0 Å². The Hall–Kier alpha value is -0.660. The lowest BCUT2D eigenvalue weighted by atomic mass is 10.1. The first-order valence-electron chi connectivity index (χ1n) is 4.36. The van der Waals surface area contributed by atoms with E-state index >= 15 is 0 Å². The number of benzene rings is 1. The highest BCUT2D eigenvalue weighted by Gasteiger charge is 2.30. The smallest absolute Gasteiger partial charge is 0.166 e. The standard InChI is InChI=1S/C11H7BrClF3/c12-10-7-9(11(14,15)16)5-4-8(10)3-1-2-6-13/h4-5,7H,2,6H2. The molecule has 1 aromatic rings. The van der Waals surface area contributed by atoms with Crippen LogP contribution in [0, 0.1) is 11.8 Å². The lowest BCUT2D eigenvalue weighted by molar-refractivity contribution is -0.137. The number of alkyl halides is 4. The van der Waals surface area contributed by atoms with Crippen LogP contribution in [0.2, 0.25) is 0 Å². The highest BCUT2D eigenvalue weighted by Crippen LogP contribution is 2.31. The Morgan fingerprint density at radius 1 is 1.31 bits per heavy atom. The van der Waals surface area contributed by atoms with Crippen LogP contribution in [-0.2, 0) is 6.18 Å². The predicted molar refractivity (Wildman–Crippen MR) is 61.4 cm³/mol. The van der Waals surface area contributed by atoms with Crippen LogP contribution in [0.15, 0.2) is 22.7 Å². The summed E-state index contributed by atoms with van der Waals surface area (Å²) in [6, 6.07) is 3.37. The molecule has 0 saturated carbocycles. The molecular weight excluding hydrogens is 304 g/mol. The number of hydrogen-bond donors (Lipinski definition) is 0. The van der Waals surface area contributed by atoms with Crippen molar-refractivity contribution >= 4 is 27.5 Å². The Balaban J connectivity index is 2.98. The maximum Gasteiger partial charge on any atom is 0.416 e. The van der Waals surface area contributed by atoms with Gasteiger partial charge in [0.15, 0.2) is 0 Å². The minimum atomic E-state index is -4.33. The van der Waals surface area contributed by atoms with E-state index in [1.54, 1.807) is 0 Å². The summed E-state index contributed by atoms with van der Waals surface area (Å²) < 4.78 is 37.3. The van der Waals surface area contributed by atoms with Gasteiger partial charge in [-0.25, -0.2) is 0 Å². The van der Waals surface area contributed by atoms with E-state index in [9.17, 15) is 13.2 Å². The monoisotopic (exact) mass is 310 g/mol. The molecule has 16 heavy (non-hydrogen) atoms. The summed E-state index contributed by atoms with van der Waals surface area (Å²) in [6.45, 7) is 0. The molecule has 0 fully saturated rings. The summed E-state index contributed by atoms with van der Waals surface area (Å²) in [5.74, 6) is 5.91. The average molecular weight is 312 g/mol. The van der Waals surface area contributed by atoms with Crippen molar-refractivity contribution in [1.29, 1.82) is 0 Å². The van der Waals surface area contributed by atoms with Crippen LogP contribution in [0.3, 0.4) is 0 Å². The second-order valence-electron chi connectivity index (χ2n) is 2.93. The van der Waals surface area contributed by atoms with Gasteiger partial charge >= 0.3 is 6.18 Å². The average Bonchev–Trinajstić information content (AvgIpc) is 2.19. The normalized spacial score (nSPS) is 10.8. The van der Waals surface area contributed by atoms with Crippen LogP contribution < -0.4 is 0 Å². The van der Waals surface area contributed by atoms with E-state index < -0.39 is 11.7 Å². The highest BCUT2D eigenvalue weighted by molar-refractivity contribution is 9.10. The first-order valence-corrected chi connectivity index (χ1v) is 5.69. The highest BCUT2D eigenvalue weighted by atomic mass is 79.9. The second-order valence-corrected chi connectivity index (χ2v) is 4.17. The molecular formula is C11H7BrClF3. The molecule has 0 heterocycles. The quantitative estimate of drug-likeness (QED) is 0.531. The van der Waals surface area contributed by atoms with Crippen molar-refractivity contribution in [3.05, 3.63) is 33.8 Å². The van der Waals surface area contributed by atoms with Crippen molar-refractivity contribution in [1.82, 2.24) is 0 Å². The Morgan fingerprint density at radius 2 is 2.00 bits per heavy atom. The lowest BCUT2D eigenvalue weighted by Crippen LogP contribution is -2.04. The molecule has 0 aliphatic heterocycles. The van der Waals surface area contributed by atoms with E-state index in [-0.39, 0.29) is 0 Å². The molecule has 0 aliphatic carbocycles. The molecule has 0 saturated heterocycles. The molecule has 0 radical (unpaired) electrons. The van der Waals surface area contributed by atoms with Gasteiger partial charge in [-0.05, 0) is 34.1 Å². The van der Waals surface area contributed by atoms with Crippen LogP contribution in [0.4, 0.5) is 13.2 Å². The lowest BCUT2D eigenvalue weighted by Gasteiger charge is -2.07. The van der Waals surface area contributed by atoms with E-state index in [4.69, 9.17) is 11.6 Å². The van der Waals surface area contributed by atoms with Gasteiger partial charge in [0.05, 0.1) is 5.56 Å². The molecule has 1 rings (SSSR count). The van der Waals surface area contributed by atoms with Gasteiger partial charge in [-0.3, -0.25) is 0 Å². The summed E-state index contributed by atoms with van der Waals surface area (Å²) in [6.07, 6.45) is -3.82. The van der Waals surface area contributed by atoms with Crippen LogP contribution in [-0.4, -0.2) is 5.88 Å². The fourth-order valence-corrected chi connectivity index (χ4v) is 1.57. The summed E-state index contributed by atoms with van der Waals surface area (Å²) in [4.78, 5) is 0. The van der Waals surface area contributed by atoms with Crippen molar-refractivity contribution in [3.63, 3.8) is 0 Å². The summed E-state index contributed by atoms with van der Waals surface area (Å²) in [5.41, 5.74) is -0.166. The maximum atomic E-state index is 12.3. The molecule has 0 aliphatic rings. The third-order valence-electron chi connectivity index (χ3n) is 1.74. The minimum Gasteiger partial charge on any atom is -0.166 e. The van der Waals surface area contributed by atoms with Gasteiger partial charge in [0, 0.05) is 22.3 Å². The maximum absolute atomic E-state index is 12.3. The summed E-state index contributed by atoms with van der Waals surface area (Å²) in [7, 11) is 0. The van der Waals surface area contributed by atoms with Gasteiger partial charge in [-0.15, -0.1) is 11.6 Å². The Bertz CT molecular complexity index is 429. The minimum absolute atomic E-state index is 0.337. The van der Waals surface area contributed by atoms with Crippen molar-refractivity contribution in [2.45, 2.75) is 12.6 Å². The van der Waals surface area contributed by atoms with E-state index in [2.05, 4.69) is 27.8 Å². The van der Waals surface area contributed by atoms with E-state index in [1.165, 1.54) is 6.07 Å². The first-order chi connectivity index (χ1) is 7.45. The van der Waals surface area contributed by atoms with Crippen LogP contribution in [0.25, 0.3) is 0 Å². The zero-order chi connectivity index (χ0) is 12.2. The third kappa shape index (κ3) is 3.73. The Labute approximate surface area is 105 Å². The number of halogens is 5. The van der Waals surface area contributed by atoms with Crippen molar-refractivity contribution in [3.8, 4) is 11.8 Å². The first kappa shape index (κ1) is 13.4. The van der Waals surface area contributed by atoms with Crippen LogP contribution in [0.1, 0.15) is 17.5 Å². The molecule has 86 valence electrons. The Kier molecular flexibility index (Phi) is 4.69. The largest absolute Gasteiger partial charge is 0.416 e. The predicted octanol–water partition coefficient (Wildman–Crippen LogP) is 4.45. The second kappa shape index (κ2) is 5.60. The zero-order valence-corrected chi connectivity index (χ0v) is 10.4. The fourth-order valence-electron chi connectivity index (χ4n) is 0.998. The zero-order valence-electron chi connectivity index (χ0n) is 8.04. The summed E-state index contributed by atoms with van der Waals surface area (Å²) in [5, 5.41) is 0. The fraction of sp³-hybridized carbons (Fsp3) is 0.273. The number of rotatable bonds is 1. The van der Waals surface area contributed by atoms with Gasteiger partial charge in [0.1, 0.15) is 0 Å². The molecule has 0 amide bonds. The SMILES string of the molecule is FC(F)(F)c1ccc(C#CCCCl)c(Br)c1. The topological polar surface area (TPSA) is 0 Å². The third-order valence-corrected chi connectivity index (χ3v) is 2.58. The summed E-state index contributed by atoms with van der Waals surface area (Å²) >= 11 is 8.49. The molecule has 0 aromatic heterocycles. The molecule has 0 bridgehead atoms. The molecule has 5 heteroatoms. The van der Waals surface area contributed by atoms with E-state index in [1.807, 2.05) is 0 Å². The molecule has 0 nitrogen and oxygen atoms in total. The molecule has 0 unspecified atom stereocenters. The molecule has 1 aromatic carbocycles. The molecule has 0 atom stereocenters. The Morgan fingerprint density at radius 3 is 2.50 bits per heavy atom. The van der Waals surface area contributed by atoms with Crippen molar-refractivity contribution < 1.29 is 13.2 Å². The van der Waals surface area contributed by atoms with Crippen molar-refractivity contribution in [2.75, 3.05) is 5.88 Å². The van der Waals surface area contributed by atoms with Gasteiger partial charge in [0.2, 0.25) is 0 Å².